The van der Waals surface area contributed by atoms with Gasteiger partial charge in [-0.05, 0) is 29.0 Å². The van der Waals surface area contributed by atoms with Crippen LogP contribution in [0, 0.1) is 11.3 Å². The van der Waals surface area contributed by atoms with Crippen LogP contribution in [-0.2, 0) is 22.5 Å². The number of rotatable bonds is 4. The fraction of sp³-hybridized carbons (Fsp3) is 0.333. The van der Waals surface area contributed by atoms with E-state index in [1.54, 1.807) is 6.07 Å². The van der Waals surface area contributed by atoms with Crippen molar-refractivity contribution in [2.75, 3.05) is 7.11 Å². The molecule has 0 aliphatic rings. The van der Waals surface area contributed by atoms with Crippen molar-refractivity contribution in [3.8, 4) is 6.07 Å². The van der Waals surface area contributed by atoms with Crippen molar-refractivity contribution in [1.82, 2.24) is 0 Å². The monoisotopic (exact) mass is 304 g/mol. The Labute approximate surface area is 117 Å². The molecule has 0 unspecified atom stereocenters. The first-order valence-electron chi connectivity index (χ1n) is 5.39. The van der Waals surface area contributed by atoms with Crippen molar-refractivity contribution < 1.29 is 22.7 Å². The SMILES string of the molecule is COC(=O)Cc1c(C#N)ccc(CN)c1SC(F)(F)F. The van der Waals surface area contributed by atoms with E-state index >= 15 is 0 Å². The molecular formula is C12H11F3N2O2S. The number of nitrogens with two attached hydrogens (primary N) is 1. The van der Waals surface area contributed by atoms with Crippen molar-refractivity contribution in [2.45, 2.75) is 23.4 Å². The number of methoxy groups -OCH3 is 1. The Morgan fingerprint density at radius 2 is 2.15 bits per heavy atom. The quantitative estimate of drug-likeness (QED) is 0.682. The van der Waals surface area contributed by atoms with Gasteiger partial charge in [0.15, 0.2) is 0 Å². The van der Waals surface area contributed by atoms with Crippen LogP contribution in [0.25, 0.3) is 0 Å². The Bertz CT molecular complexity index is 553. The maximum absolute atomic E-state index is 12.6. The molecule has 0 radical (unpaired) electrons. The largest absolute Gasteiger partial charge is 0.469 e. The van der Waals surface area contributed by atoms with Crippen molar-refractivity contribution >= 4 is 17.7 Å². The Hall–Kier alpha value is -1.72. The smallest absolute Gasteiger partial charge is 0.446 e. The summed E-state index contributed by atoms with van der Waals surface area (Å²) < 4.78 is 42.3. The van der Waals surface area contributed by atoms with Gasteiger partial charge in [0.2, 0.25) is 0 Å². The number of halogens is 3. The first-order valence-corrected chi connectivity index (χ1v) is 6.21. The molecule has 0 atom stereocenters. The molecule has 2 N–H and O–H groups in total. The van der Waals surface area contributed by atoms with Gasteiger partial charge in [0.25, 0.3) is 0 Å². The molecule has 1 aromatic rings. The van der Waals surface area contributed by atoms with Gasteiger partial charge in [-0.15, -0.1) is 0 Å². The van der Waals surface area contributed by atoms with E-state index in [1.165, 1.54) is 12.1 Å². The Balaban J connectivity index is 3.40. The maximum atomic E-state index is 12.6. The van der Waals surface area contributed by atoms with Gasteiger partial charge in [-0.2, -0.15) is 18.4 Å². The Kier molecular flexibility index (Phi) is 5.42. The minimum atomic E-state index is -4.54. The van der Waals surface area contributed by atoms with E-state index in [4.69, 9.17) is 11.0 Å². The molecule has 0 bridgehead atoms. The lowest BCUT2D eigenvalue weighted by atomic mass is 10.0. The molecule has 0 aromatic heterocycles. The number of carbonyl (C=O) groups excluding carboxylic acids is 1. The van der Waals surface area contributed by atoms with Gasteiger partial charge >= 0.3 is 11.5 Å². The van der Waals surface area contributed by atoms with Gasteiger partial charge < -0.3 is 10.5 Å². The van der Waals surface area contributed by atoms with Gasteiger partial charge in [-0.3, -0.25) is 4.79 Å². The molecule has 0 heterocycles. The van der Waals surface area contributed by atoms with Crippen LogP contribution >= 0.6 is 11.8 Å². The Morgan fingerprint density at radius 3 is 2.60 bits per heavy atom. The van der Waals surface area contributed by atoms with E-state index in [1.807, 2.05) is 0 Å². The summed E-state index contributed by atoms with van der Waals surface area (Å²) in [6, 6.07) is 4.48. The first-order chi connectivity index (χ1) is 9.32. The molecule has 8 heteroatoms. The molecule has 0 aliphatic heterocycles. The minimum absolute atomic E-state index is 0.000602. The summed E-state index contributed by atoms with van der Waals surface area (Å²) in [5.74, 6) is -0.723. The van der Waals surface area contributed by atoms with E-state index in [9.17, 15) is 18.0 Å². The van der Waals surface area contributed by atoms with Crippen molar-refractivity contribution in [2.24, 2.45) is 5.73 Å². The second-order valence-electron chi connectivity index (χ2n) is 3.70. The van der Waals surface area contributed by atoms with Crippen molar-refractivity contribution in [1.29, 1.82) is 5.26 Å². The van der Waals surface area contributed by atoms with Gasteiger partial charge in [0.1, 0.15) is 0 Å². The van der Waals surface area contributed by atoms with Crippen LogP contribution < -0.4 is 5.73 Å². The van der Waals surface area contributed by atoms with Crippen LogP contribution in [-0.4, -0.2) is 18.6 Å². The predicted molar refractivity (Wildman–Crippen MR) is 66.7 cm³/mol. The van der Waals surface area contributed by atoms with Gasteiger partial charge in [0.05, 0.1) is 25.2 Å². The van der Waals surface area contributed by atoms with E-state index in [-0.39, 0.29) is 39.9 Å². The zero-order valence-corrected chi connectivity index (χ0v) is 11.3. The van der Waals surface area contributed by atoms with Crippen molar-refractivity contribution in [3.63, 3.8) is 0 Å². The van der Waals surface area contributed by atoms with Crippen molar-refractivity contribution in [3.05, 3.63) is 28.8 Å². The summed E-state index contributed by atoms with van der Waals surface area (Å²) in [6.07, 6.45) is -0.411. The Morgan fingerprint density at radius 1 is 1.50 bits per heavy atom. The first kappa shape index (κ1) is 16.3. The molecule has 1 rings (SSSR count). The molecule has 0 fully saturated rings. The summed E-state index contributed by atoms with van der Waals surface area (Å²) in [6.45, 7) is -0.127. The number of nitriles is 1. The fourth-order valence-electron chi connectivity index (χ4n) is 1.58. The number of carbonyl (C=O) groups is 1. The van der Waals surface area contributed by atoms with Crippen LogP contribution in [0.1, 0.15) is 16.7 Å². The van der Waals surface area contributed by atoms with Gasteiger partial charge in [0, 0.05) is 11.4 Å². The van der Waals surface area contributed by atoms with Crippen LogP contribution in [0.3, 0.4) is 0 Å². The number of esters is 1. The lowest BCUT2D eigenvalue weighted by molar-refractivity contribution is -0.139. The van der Waals surface area contributed by atoms with Gasteiger partial charge in [-0.25, -0.2) is 0 Å². The molecular weight excluding hydrogens is 293 g/mol. The molecule has 0 spiro atoms. The summed E-state index contributed by atoms with van der Waals surface area (Å²) >= 11 is -0.378. The predicted octanol–water partition coefficient (Wildman–Crippen LogP) is 2.34. The molecule has 108 valence electrons. The number of thioether (sulfide) groups is 1. The number of hydrogen-bond donors (Lipinski definition) is 1. The van der Waals surface area contributed by atoms with Gasteiger partial charge in [-0.1, -0.05) is 6.07 Å². The third kappa shape index (κ3) is 4.15. The van der Waals surface area contributed by atoms with E-state index in [2.05, 4.69) is 4.74 Å². The third-order valence-corrected chi connectivity index (χ3v) is 3.39. The van der Waals surface area contributed by atoms with Crippen LogP contribution in [0.2, 0.25) is 0 Å². The number of benzene rings is 1. The summed E-state index contributed by atoms with van der Waals surface area (Å²) in [5.41, 5.74) is 1.09. The van der Waals surface area contributed by atoms with Crippen LogP contribution in [0.5, 0.6) is 0 Å². The highest BCUT2D eigenvalue weighted by atomic mass is 32.2. The second kappa shape index (κ2) is 6.63. The summed E-state index contributed by atoms with van der Waals surface area (Å²) in [4.78, 5) is 11.1. The molecule has 0 saturated carbocycles. The normalized spacial score (nSPS) is 11.0. The third-order valence-electron chi connectivity index (χ3n) is 2.45. The number of nitrogens with zero attached hydrogens (tertiary/aromatic N) is 1. The minimum Gasteiger partial charge on any atom is -0.469 e. The summed E-state index contributed by atoms with van der Waals surface area (Å²) in [5, 5.41) is 8.97. The lowest BCUT2D eigenvalue weighted by Gasteiger charge is -2.15. The fourth-order valence-corrected chi connectivity index (χ4v) is 2.40. The van der Waals surface area contributed by atoms with E-state index in [0.29, 0.717) is 0 Å². The number of alkyl halides is 3. The molecule has 0 amide bonds. The summed E-state index contributed by atoms with van der Waals surface area (Å²) in [7, 11) is 1.12. The van der Waals surface area contributed by atoms with E-state index < -0.39 is 17.9 Å². The average Bonchev–Trinajstić information content (AvgIpc) is 2.38. The highest BCUT2D eigenvalue weighted by Gasteiger charge is 2.32. The second-order valence-corrected chi connectivity index (χ2v) is 4.77. The standard InChI is InChI=1S/C12H11F3N2O2S/c1-19-10(18)4-9-7(5-16)2-3-8(6-17)11(9)20-12(13,14)15/h2-3H,4,6,17H2,1H3. The highest BCUT2D eigenvalue weighted by molar-refractivity contribution is 8.00. The maximum Gasteiger partial charge on any atom is 0.446 e. The molecule has 1 aromatic carbocycles. The average molecular weight is 304 g/mol. The molecule has 0 aliphatic carbocycles. The highest BCUT2D eigenvalue weighted by Crippen LogP contribution is 2.41. The molecule has 4 nitrogen and oxygen atoms in total. The number of ether oxygens (including phenoxy) is 1. The van der Waals surface area contributed by atoms with Crippen LogP contribution in [0.4, 0.5) is 13.2 Å². The van der Waals surface area contributed by atoms with E-state index in [0.717, 1.165) is 7.11 Å². The topological polar surface area (TPSA) is 76.1 Å². The zero-order chi connectivity index (χ0) is 15.3. The lowest BCUT2D eigenvalue weighted by Crippen LogP contribution is -2.12. The number of hydrogen-bond acceptors (Lipinski definition) is 5. The van der Waals surface area contributed by atoms with Crippen LogP contribution in [0.15, 0.2) is 17.0 Å². The zero-order valence-electron chi connectivity index (χ0n) is 10.5. The molecule has 20 heavy (non-hydrogen) atoms. The molecule has 0 saturated heterocycles.